The predicted molar refractivity (Wildman–Crippen MR) is 86.0 cm³/mol. The Morgan fingerprint density at radius 3 is 2.91 bits per heavy atom. The second-order valence-corrected chi connectivity index (χ2v) is 6.17. The van der Waals surface area contributed by atoms with E-state index in [-0.39, 0.29) is 11.9 Å². The molecular formula is C17H25N3O2. The highest BCUT2D eigenvalue weighted by Crippen LogP contribution is 2.31. The van der Waals surface area contributed by atoms with Crippen LogP contribution in [0.4, 0.5) is 0 Å². The number of carbonyl (C=O) groups excluding carboxylic acids is 1. The van der Waals surface area contributed by atoms with Crippen LogP contribution in [0.3, 0.4) is 0 Å². The number of piperazine rings is 1. The molecule has 1 saturated carbocycles. The maximum Gasteiger partial charge on any atom is 0.236 e. The van der Waals surface area contributed by atoms with E-state index in [4.69, 9.17) is 4.74 Å². The fraction of sp³-hybridized carbons (Fsp3) is 0.588. The molecule has 1 aliphatic heterocycles. The van der Waals surface area contributed by atoms with Crippen LogP contribution in [0.15, 0.2) is 24.3 Å². The van der Waals surface area contributed by atoms with Crippen molar-refractivity contribution < 1.29 is 9.53 Å². The Hall–Kier alpha value is -1.59. The first kappa shape index (κ1) is 15.3. The van der Waals surface area contributed by atoms with Crippen molar-refractivity contribution in [1.82, 2.24) is 15.1 Å². The second-order valence-electron chi connectivity index (χ2n) is 6.17. The highest BCUT2D eigenvalue weighted by molar-refractivity contribution is 5.78. The van der Waals surface area contributed by atoms with E-state index < -0.39 is 0 Å². The van der Waals surface area contributed by atoms with Gasteiger partial charge in [-0.15, -0.1) is 0 Å². The lowest BCUT2D eigenvalue weighted by Crippen LogP contribution is -2.50. The average molecular weight is 303 g/mol. The summed E-state index contributed by atoms with van der Waals surface area (Å²) in [6, 6.07) is 8.75. The number of hydrogen-bond donors (Lipinski definition) is 1. The van der Waals surface area contributed by atoms with Gasteiger partial charge in [-0.2, -0.15) is 0 Å². The molecule has 1 amide bonds. The molecule has 0 bridgehead atoms. The van der Waals surface area contributed by atoms with Crippen LogP contribution in [0.5, 0.6) is 5.75 Å². The van der Waals surface area contributed by atoms with Crippen molar-refractivity contribution in [3.05, 3.63) is 29.8 Å². The largest absolute Gasteiger partial charge is 0.496 e. The van der Waals surface area contributed by atoms with E-state index in [1.165, 1.54) is 0 Å². The van der Waals surface area contributed by atoms with E-state index in [0.29, 0.717) is 12.6 Å². The summed E-state index contributed by atoms with van der Waals surface area (Å²) in [5, 5.41) is 3.43. The molecule has 1 unspecified atom stereocenters. The van der Waals surface area contributed by atoms with Crippen molar-refractivity contribution in [2.24, 2.45) is 0 Å². The molecule has 1 atom stereocenters. The first-order chi connectivity index (χ1) is 10.7. The summed E-state index contributed by atoms with van der Waals surface area (Å²) in [6.07, 6.45) is 2.31. The van der Waals surface area contributed by atoms with Crippen LogP contribution in [-0.4, -0.2) is 62.1 Å². The van der Waals surface area contributed by atoms with E-state index in [1.807, 2.05) is 30.1 Å². The first-order valence-electron chi connectivity index (χ1n) is 8.04. The van der Waals surface area contributed by atoms with E-state index in [2.05, 4.69) is 16.3 Å². The van der Waals surface area contributed by atoms with Gasteiger partial charge in [-0.05, 0) is 18.9 Å². The van der Waals surface area contributed by atoms with Crippen molar-refractivity contribution in [2.45, 2.75) is 24.9 Å². The zero-order valence-corrected chi connectivity index (χ0v) is 13.4. The number of benzene rings is 1. The first-order valence-corrected chi connectivity index (χ1v) is 8.04. The molecule has 5 heteroatoms. The molecule has 1 aromatic rings. The maximum absolute atomic E-state index is 12.5. The lowest BCUT2D eigenvalue weighted by Gasteiger charge is -2.37. The molecule has 120 valence electrons. The van der Waals surface area contributed by atoms with E-state index in [9.17, 15) is 4.79 Å². The Balaban J connectivity index is 1.74. The van der Waals surface area contributed by atoms with Gasteiger partial charge in [-0.25, -0.2) is 0 Å². The average Bonchev–Trinajstić information content (AvgIpc) is 3.39. The van der Waals surface area contributed by atoms with Crippen molar-refractivity contribution in [1.29, 1.82) is 0 Å². The quantitative estimate of drug-likeness (QED) is 0.889. The molecule has 5 nitrogen and oxygen atoms in total. The number of ether oxygens (including phenoxy) is 1. The minimum absolute atomic E-state index is 0.182. The maximum atomic E-state index is 12.5. The Bertz CT molecular complexity index is 530. The van der Waals surface area contributed by atoms with Crippen LogP contribution < -0.4 is 10.1 Å². The Morgan fingerprint density at radius 2 is 2.18 bits per heavy atom. The normalized spacial score (nSPS) is 22.4. The topological polar surface area (TPSA) is 44.8 Å². The molecule has 2 fully saturated rings. The number of carbonyl (C=O) groups is 1. The van der Waals surface area contributed by atoms with Crippen molar-refractivity contribution >= 4 is 5.91 Å². The zero-order chi connectivity index (χ0) is 15.5. The van der Waals surface area contributed by atoms with Crippen molar-refractivity contribution in [3.63, 3.8) is 0 Å². The Kier molecular flexibility index (Phi) is 4.64. The molecule has 1 aliphatic carbocycles. The van der Waals surface area contributed by atoms with Gasteiger partial charge in [-0.3, -0.25) is 9.69 Å². The Morgan fingerprint density at radius 1 is 1.41 bits per heavy atom. The number of methoxy groups -OCH3 is 1. The molecule has 1 N–H and O–H groups in total. The number of nitrogens with one attached hydrogen (secondary N) is 1. The SMILES string of the molecule is COc1ccccc1C1CNCCN1CC(=O)N(C)C1CC1. The summed E-state index contributed by atoms with van der Waals surface area (Å²) in [4.78, 5) is 16.6. The highest BCUT2D eigenvalue weighted by Gasteiger charge is 2.33. The molecule has 0 spiro atoms. The van der Waals surface area contributed by atoms with Crippen molar-refractivity contribution in [3.8, 4) is 5.75 Å². The lowest BCUT2D eigenvalue weighted by molar-refractivity contribution is -0.132. The molecule has 1 heterocycles. The summed E-state index contributed by atoms with van der Waals surface area (Å²) < 4.78 is 5.50. The number of para-hydroxylation sites is 1. The Labute approximate surface area is 132 Å². The number of hydrogen-bond acceptors (Lipinski definition) is 4. The number of nitrogens with zero attached hydrogens (tertiary/aromatic N) is 2. The van der Waals surface area contributed by atoms with Gasteiger partial charge in [0, 0.05) is 38.3 Å². The molecule has 1 saturated heterocycles. The van der Waals surface area contributed by atoms with Gasteiger partial charge in [0.05, 0.1) is 19.7 Å². The molecule has 0 radical (unpaired) electrons. The second kappa shape index (κ2) is 6.67. The third-order valence-electron chi connectivity index (χ3n) is 4.68. The van der Waals surface area contributed by atoms with Gasteiger partial charge in [0.25, 0.3) is 0 Å². The summed E-state index contributed by atoms with van der Waals surface area (Å²) in [6.45, 7) is 3.14. The third-order valence-corrected chi connectivity index (χ3v) is 4.68. The van der Waals surface area contributed by atoms with Crippen LogP contribution in [0.25, 0.3) is 0 Å². The van der Waals surface area contributed by atoms with E-state index in [0.717, 1.165) is 43.8 Å². The number of amides is 1. The summed E-state index contributed by atoms with van der Waals surface area (Å²) >= 11 is 0. The minimum atomic E-state index is 0.182. The molecule has 1 aromatic carbocycles. The van der Waals surface area contributed by atoms with Crippen LogP contribution in [-0.2, 0) is 4.79 Å². The molecular weight excluding hydrogens is 278 g/mol. The summed E-state index contributed by atoms with van der Waals surface area (Å²) in [5.74, 6) is 1.12. The molecule has 3 rings (SSSR count). The van der Waals surface area contributed by atoms with E-state index in [1.54, 1.807) is 7.11 Å². The zero-order valence-electron chi connectivity index (χ0n) is 13.4. The lowest BCUT2D eigenvalue weighted by atomic mass is 10.0. The smallest absolute Gasteiger partial charge is 0.236 e. The standard InChI is InChI=1S/C17H25N3O2/c1-19(13-7-8-13)17(21)12-20-10-9-18-11-15(20)14-5-3-4-6-16(14)22-2/h3-6,13,15,18H,7-12H2,1-2H3. The fourth-order valence-electron chi connectivity index (χ4n) is 3.13. The summed E-state index contributed by atoms with van der Waals surface area (Å²) in [7, 11) is 3.63. The van der Waals surface area contributed by atoms with Crippen molar-refractivity contribution in [2.75, 3.05) is 40.3 Å². The number of rotatable bonds is 5. The van der Waals surface area contributed by atoms with Gasteiger partial charge in [0.1, 0.15) is 5.75 Å². The minimum Gasteiger partial charge on any atom is -0.496 e. The van der Waals surface area contributed by atoms with Gasteiger partial charge >= 0.3 is 0 Å². The van der Waals surface area contributed by atoms with Gasteiger partial charge in [0.2, 0.25) is 5.91 Å². The van der Waals surface area contributed by atoms with Crippen LogP contribution in [0.2, 0.25) is 0 Å². The van der Waals surface area contributed by atoms with Gasteiger partial charge in [-0.1, -0.05) is 18.2 Å². The highest BCUT2D eigenvalue weighted by atomic mass is 16.5. The van der Waals surface area contributed by atoms with Crippen LogP contribution in [0.1, 0.15) is 24.4 Å². The van der Waals surface area contributed by atoms with Gasteiger partial charge in [0.15, 0.2) is 0 Å². The van der Waals surface area contributed by atoms with Gasteiger partial charge < -0.3 is 15.0 Å². The number of likely N-dealkylation sites (N-methyl/N-ethyl adjacent to an activating group) is 1. The molecule has 22 heavy (non-hydrogen) atoms. The fourth-order valence-corrected chi connectivity index (χ4v) is 3.13. The molecule has 2 aliphatic rings. The third kappa shape index (κ3) is 3.25. The van der Waals surface area contributed by atoms with Crippen LogP contribution in [0, 0.1) is 0 Å². The molecule has 0 aromatic heterocycles. The van der Waals surface area contributed by atoms with E-state index >= 15 is 0 Å². The predicted octanol–water partition coefficient (Wildman–Crippen LogP) is 1.26. The van der Waals surface area contributed by atoms with Crippen LogP contribution >= 0.6 is 0 Å². The summed E-state index contributed by atoms with van der Waals surface area (Å²) in [5.41, 5.74) is 1.15. The monoisotopic (exact) mass is 303 g/mol.